The number of alkyl halides is 3. The Bertz CT molecular complexity index is 708. The maximum Gasteiger partial charge on any atom is 0.573 e. The highest BCUT2D eigenvalue weighted by Gasteiger charge is 2.31. The number of thioether (sulfide) groups is 1. The minimum Gasteiger partial charge on any atom is -0.405 e. The Balaban J connectivity index is 1.96. The average Bonchev–Trinajstić information content (AvgIpc) is 2.53. The molecule has 4 nitrogen and oxygen atoms in total. The number of rotatable bonds is 5. The number of hydrogen-bond acceptors (Lipinski definition) is 3. The van der Waals surface area contributed by atoms with E-state index in [9.17, 15) is 18.0 Å². The van der Waals surface area contributed by atoms with E-state index in [1.54, 1.807) is 24.3 Å². The first-order valence-electron chi connectivity index (χ1n) is 6.90. The summed E-state index contributed by atoms with van der Waals surface area (Å²) in [7, 11) is 0. The van der Waals surface area contributed by atoms with Crippen LogP contribution in [0.5, 0.6) is 5.75 Å². The van der Waals surface area contributed by atoms with Gasteiger partial charge in [-0.3, -0.25) is 0 Å². The summed E-state index contributed by atoms with van der Waals surface area (Å²) in [6.45, 7) is -0.0969. The van der Waals surface area contributed by atoms with Crippen LogP contribution in [0.3, 0.4) is 0 Å². The lowest BCUT2D eigenvalue weighted by atomic mass is 10.2. The van der Waals surface area contributed by atoms with Gasteiger partial charge in [0, 0.05) is 22.7 Å². The van der Waals surface area contributed by atoms with Gasteiger partial charge in [0.25, 0.3) is 0 Å². The number of anilines is 1. The van der Waals surface area contributed by atoms with Crippen LogP contribution in [0.1, 0.15) is 5.56 Å². The van der Waals surface area contributed by atoms with Crippen LogP contribution in [-0.4, -0.2) is 18.6 Å². The SMILES string of the molecule is CSc1cccc(NC(=O)NCc2ccccc2OC(F)(F)F)c1. The molecule has 8 heteroatoms. The predicted molar refractivity (Wildman–Crippen MR) is 87.2 cm³/mol. The standard InChI is InChI=1S/C16H15F3N2O2S/c1-24-13-7-4-6-12(9-13)21-15(22)20-10-11-5-2-3-8-14(11)23-16(17,18)19/h2-9H,10H2,1H3,(H2,20,21,22). The molecule has 0 heterocycles. The summed E-state index contributed by atoms with van der Waals surface area (Å²) in [6.07, 6.45) is -2.87. The summed E-state index contributed by atoms with van der Waals surface area (Å²) < 4.78 is 41.0. The second kappa shape index (κ2) is 7.96. The average molecular weight is 356 g/mol. The molecule has 2 rings (SSSR count). The molecule has 24 heavy (non-hydrogen) atoms. The van der Waals surface area contributed by atoms with E-state index in [0.29, 0.717) is 5.69 Å². The fourth-order valence-electron chi connectivity index (χ4n) is 1.93. The Hall–Kier alpha value is -2.35. The molecule has 0 aliphatic heterocycles. The second-order valence-electron chi connectivity index (χ2n) is 4.70. The molecule has 0 aromatic heterocycles. The Morgan fingerprint density at radius 1 is 1.17 bits per heavy atom. The quantitative estimate of drug-likeness (QED) is 0.768. The van der Waals surface area contributed by atoms with Crippen molar-refractivity contribution >= 4 is 23.5 Å². The molecule has 128 valence electrons. The third-order valence-electron chi connectivity index (χ3n) is 2.97. The minimum atomic E-state index is -4.78. The van der Waals surface area contributed by atoms with Gasteiger partial charge in [-0.15, -0.1) is 24.9 Å². The van der Waals surface area contributed by atoms with Gasteiger partial charge < -0.3 is 15.4 Å². The maximum absolute atomic E-state index is 12.4. The van der Waals surface area contributed by atoms with Gasteiger partial charge in [0.05, 0.1) is 0 Å². The van der Waals surface area contributed by atoms with Crippen molar-refractivity contribution in [1.29, 1.82) is 0 Å². The molecule has 2 aromatic rings. The first-order valence-corrected chi connectivity index (χ1v) is 8.12. The molecule has 2 aromatic carbocycles. The lowest BCUT2D eigenvalue weighted by molar-refractivity contribution is -0.274. The van der Waals surface area contributed by atoms with E-state index in [-0.39, 0.29) is 17.9 Å². The largest absolute Gasteiger partial charge is 0.573 e. The van der Waals surface area contributed by atoms with Crippen molar-refractivity contribution in [2.45, 2.75) is 17.8 Å². The fourth-order valence-corrected chi connectivity index (χ4v) is 2.39. The first kappa shape index (κ1) is 18.0. The molecular weight excluding hydrogens is 341 g/mol. The number of carbonyl (C=O) groups excluding carboxylic acids is 1. The van der Waals surface area contributed by atoms with Gasteiger partial charge in [-0.05, 0) is 30.5 Å². The summed E-state index contributed by atoms with van der Waals surface area (Å²) in [5.41, 5.74) is 0.821. The zero-order valence-electron chi connectivity index (χ0n) is 12.7. The van der Waals surface area contributed by atoms with Crippen molar-refractivity contribution in [3.63, 3.8) is 0 Å². The van der Waals surface area contributed by atoms with Gasteiger partial charge in [-0.1, -0.05) is 24.3 Å². The number of ether oxygens (including phenoxy) is 1. The maximum atomic E-state index is 12.4. The Labute approximate surface area is 141 Å². The van der Waals surface area contributed by atoms with Crippen LogP contribution in [0.15, 0.2) is 53.4 Å². The number of halogens is 3. The highest BCUT2D eigenvalue weighted by atomic mass is 32.2. The van der Waals surface area contributed by atoms with E-state index in [1.807, 2.05) is 12.3 Å². The summed E-state index contributed by atoms with van der Waals surface area (Å²) >= 11 is 1.53. The smallest absolute Gasteiger partial charge is 0.405 e. The van der Waals surface area contributed by atoms with Gasteiger partial charge >= 0.3 is 12.4 Å². The number of hydrogen-bond donors (Lipinski definition) is 2. The van der Waals surface area contributed by atoms with Crippen molar-refractivity contribution in [3.8, 4) is 5.75 Å². The number of urea groups is 1. The third-order valence-corrected chi connectivity index (χ3v) is 3.69. The molecule has 0 aliphatic carbocycles. The zero-order valence-corrected chi connectivity index (χ0v) is 13.5. The molecule has 0 fully saturated rings. The Morgan fingerprint density at radius 3 is 2.62 bits per heavy atom. The van der Waals surface area contributed by atoms with Gasteiger partial charge in [0.2, 0.25) is 0 Å². The summed E-state index contributed by atoms with van der Waals surface area (Å²) in [5.74, 6) is -0.338. The van der Waals surface area contributed by atoms with Crippen LogP contribution in [0, 0.1) is 0 Å². The molecule has 0 aliphatic rings. The van der Waals surface area contributed by atoms with Crippen molar-refractivity contribution in [1.82, 2.24) is 5.32 Å². The van der Waals surface area contributed by atoms with E-state index in [1.165, 1.54) is 30.0 Å². The number of para-hydroxylation sites is 1. The van der Waals surface area contributed by atoms with Gasteiger partial charge in [0.1, 0.15) is 5.75 Å². The third kappa shape index (κ3) is 5.69. The summed E-state index contributed by atoms with van der Waals surface area (Å²) in [6, 6.07) is 12.4. The molecule has 0 radical (unpaired) electrons. The lowest BCUT2D eigenvalue weighted by Crippen LogP contribution is -2.28. The number of amides is 2. The molecule has 0 atom stereocenters. The van der Waals surface area contributed by atoms with Crippen LogP contribution in [0.2, 0.25) is 0 Å². The van der Waals surface area contributed by atoms with Crippen LogP contribution >= 0.6 is 11.8 Å². The van der Waals surface area contributed by atoms with Crippen LogP contribution in [0.4, 0.5) is 23.7 Å². The normalized spacial score (nSPS) is 11.0. The highest BCUT2D eigenvalue weighted by molar-refractivity contribution is 7.98. The predicted octanol–water partition coefficient (Wildman–Crippen LogP) is 4.63. The van der Waals surface area contributed by atoms with Gasteiger partial charge in [0.15, 0.2) is 0 Å². The molecule has 0 saturated heterocycles. The van der Waals surface area contributed by atoms with Crippen molar-refractivity contribution in [2.24, 2.45) is 0 Å². The minimum absolute atomic E-state index is 0.0969. The molecule has 2 N–H and O–H groups in total. The topological polar surface area (TPSA) is 50.4 Å². The molecule has 0 spiro atoms. The van der Waals surface area contributed by atoms with E-state index >= 15 is 0 Å². The molecule has 0 bridgehead atoms. The van der Waals surface area contributed by atoms with E-state index < -0.39 is 12.4 Å². The zero-order chi connectivity index (χ0) is 17.6. The van der Waals surface area contributed by atoms with E-state index in [0.717, 1.165) is 4.90 Å². The van der Waals surface area contributed by atoms with E-state index in [2.05, 4.69) is 15.4 Å². The molecular formula is C16H15F3N2O2S. The van der Waals surface area contributed by atoms with Crippen LogP contribution < -0.4 is 15.4 Å². The Kier molecular flexibility index (Phi) is 5.97. The summed E-state index contributed by atoms with van der Waals surface area (Å²) in [4.78, 5) is 12.9. The second-order valence-corrected chi connectivity index (χ2v) is 5.57. The first-order chi connectivity index (χ1) is 11.4. The van der Waals surface area contributed by atoms with Crippen molar-refractivity contribution < 1.29 is 22.7 Å². The number of nitrogens with one attached hydrogen (secondary N) is 2. The molecule has 2 amide bonds. The number of carbonyl (C=O) groups is 1. The Morgan fingerprint density at radius 2 is 1.92 bits per heavy atom. The fraction of sp³-hybridized carbons (Fsp3) is 0.188. The van der Waals surface area contributed by atoms with E-state index in [4.69, 9.17) is 0 Å². The molecule has 0 saturated carbocycles. The van der Waals surface area contributed by atoms with Crippen molar-refractivity contribution in [2.75, 3.05) is 11.6 Å². The lowest BCUT2D eigenvalue weighted by Gasteiger charge is -2.14. The van der Waals surface area contributed by atoms with Gasteiger partial charge in [-0.2, -0.15) is 0 Å². The summed E-state index contributed by atoms with van der Waals surface area (Å²) in [5, 5.41) is 5.14. The van der Waals surface area contributed by atoms with Crippen LogP contribution in [0.25, 0.3) is 0 Å². The van der Waals surface area contributed by atoms with Crippen molar-refractivity contribution in [3.05, 3.63) is 54.1 Å². The van der Waals surface area contributed by atoms with Gasteiger partial charge in [-0.25, -0.2) is 4.79 Å². The molecule has 0 unspecified atom stereocenters. The number of benzene rings is 2. The van der Waals surface area contributed by atoms with Crippen LogP contribution in [-0.2, 0) is 6.54 Å². The highest BCUT2D eigenvalue weighted by Crippen LogP contribution is 2.26. The monoisotopic (exact) mass is 356 g/mol.